The number of benzene rings is 1. The van der Waals surface area contributed by atoms with Gasteiger partial charge in [0, 0.05) is 19.2 Å². The van der Waals surface area contributed by atoms with Crippen LogP contribution in [0, 0.1) is 5.82 Å². The fourth-order valence-electron chi connectivity index (χ4n) is 2.14. The molecule has 20 heavy (non-hydrogen) atoms. The predicted molar refractivity (Wildman–Crippen MR) is 69.9 cm³/mol. The maximum atomic E-state index is 13.0. The third kappa shape index (κ3) is 3.91. The van der Waals surface area contributed by atoms with Gasteiger partial charge in [0.25, 0.3) is 5.91 Å². The molecule has 2 unspecified atom stereocenters. The first-order valence-corrected chi connectivity index (χ1v) is 6.51. The molecule has 1 aromatic rings. The van der Waals surface area contributed by atoms with Crippen LogP contribution in [0.3, 0.4) is 0 Å². The first kappa shape index (κ1) is 14.7. The molecule has 1 amide bonds. The Balaban J connectivity index is 1.88. The first-order chi connectivity index (χ1) is 9.58. The van der Waals surface area contributed by atoms with E-state index in [0.29, 0.717) is 18.8 Å². The average Bonchev–Trinajstić information content (AvgIpc) is 2.44. The van der Waals surface area contributed by atoms with Crippen molar-refractivity contribution in [2.45, 2.75) is 19.1 Å². The van der Waals surface area contributed by atoms with E-state index in [2.05, 4.69) is 0 Å². The van der Waals surface area contributed by atoms with Crippen LogP contribution in [0.2, 0.25) is 0 Å². The van der Waals surface area contributed by atoms with Crippen LogP contribution in [0.4, 0.5) is 4.39 Å². The zero-order valence-electron chi connectivity index (χ0n) is 11.3. The van der Waals surface area contributed by atoms with Gasteiger partial charge in [-0.25, -0.2) is 4.39 Å². The zero-order valence-corrected chi connectivity index (χ0v) is 11.3. The summed E-state index contributed by atoms with van der Waals surface area (Å²) in [5, 5.41) is 9.11. The molecule has 6 heteroatoms. The monoisotopic (exact) mass is 283 g/mol. The minimum atomic E-state index is -0.407. The molecular weight excluding hydrogens is 265 g/mol. The van der Waals surface area contributed by atoms with Crippen LogP contribution in [-0.4, -0.2) is 54.4 Å². The molecule has 110 valence electrons. The Morgan fingerprint density at radius 3 is 3.05 bits per heavy atom. The number of aliphatic hydroxyl groups is 1. The van der Waals surface area contributed by atoms with Crippen molar-refractivity contribution in [3.8, 4) is 5.75 Å². The molecule has 1 saturated heterocycles. The number of hydrogen-bond acceptors (Lipinski definition) is 4. The maximum absolute atomic E-state index is 13.0. The number of hydrogen-bond donors (Lipinski definition) is 1. The molecule has 2 atom stereocenters. The van der Waals surface area contributed by atoms with Gasteiger partial charge in [-0.3, -0.25) is 4.79 Å². The number of morpholine rings is 1. The molecule has 1 aromatic carbocycles. The Hall–Kier alpha value is -1.66. The summed E-state index contributed by atoms with van der Waals surface area (Å²) in [7, 11) is 0. The Kier molecular flexibility index (Phi) is 4.92. The lowest BCUT2D eigenvalue weighted by atomic mass is 10.2. The van der Waals surface area contributed by atoms with E-state index in [0.717, 1.165) is 0 Å². The number of amides is 1. The second kappa shape index (κ2) is 6.67. The van der Waals surface area contributed by atoms with E-state index in [9.17, 15) is 9.18 Å². The largest absolute Gasteiger partial charge is 0.484 e. The number of carbonyl (C=O) groups is 1. The summed E-state index contributed by atoms with van der Waals surface area (Å²) in [4.78, 5) is 13.6. The van der Waals surface area contributed by atoms with Gasteiger partial charge in [-0.15, -0.1) is 0 Å². The topological polar surface area (TPSA) is 59.0 Å². The van der Waals surface area contributed by atoms with Crippen molar-refractivity contribution >= 4 is 5.91 Å². The third-order valence-electron chi connectivity index (χ3n) is 3.04. The van der Waals surface area contributed by atoms with Crippen LogP contribution in [0.15, 0.2) is 24.3 Å². The van der Waals surface area contributed by atoms with Crippen molar-refractivity contribution < 1.29 is 23.8 Å². The fourth-order valence-corrected chi connectivity index (χ4v) is 2.14. The average molecular weight is 283 g/mol. The van der Waals surface area contributed by atoms with Crippen LogP contribution in [-0.2, 0) is 9.53 Å². The Morgan fingerprint density at radius 1 is 1.55 bits per heavy atom. The molecule has 0 spiro atoms. The van der Waals surface area contributed by atoms with Gasteiger partial charge in [0.15, 0.2) is 6.61 Å². The number of nitrogens with zero attached hydrogens (tertiary/aromatic N) is 1. The van der Waals surface area contributed by atoms with E-state index in [4.69, 9.17) is 14.6 Å². The molecule has 0 radical (unpaired) electrons. The highest BCUT2D eigenvalue weighted by molar-refractivity contribution is 5.78. The summed E-state index contributed by atoms with van der Waals surface area (Å²) in [5.41, 5.74) is 0. The fraction of sp³-hybridized carbons (Fsp3) is 0.500. The van der Waals surface area contributed by atoms with E-state index in [1.807, 2.05) is 6.92 Å². The molecule has 1 fully saturated rings. The number of ether oxygens (including phenoxy) is 2. The van der Waals surface area contributed by atoms with Crippen LogP contribution < -0.4 is 4.74 Å². The molecule has 2 rings (SSSR count). The van der Waals surface area contributed by atoms with Crippen LogP contribution in [0.5, 0.6) is 5.75 Å². The van der Waals surface area contributed by atoms with E-state index in [-0.39, 0.29) is 31.3 Å². The van der Waals surface area contributed by atoms with Gasteiger partial charge >= 0.3 is 0 Å². The quantitative estimate of drug-likeness (QED) is 0.888. The van der Waals surface area contributed by atoms with Crippen molar-refractivity contribution in [3.63, 3.8) is 0 Å². The summed E-state index contributed by atoms with van der Waals surface area (Å²) < 4.78 is 23.7. The lowest BCUT2D eigenvalue weighted by Gasteiger charge is -2.36. The van der Waals surface area contributed by atoms with Crippen LogP contribution in [0.25, 0.3) is 0 Å². The molecule has 1 N–H and O–H groups in total. The Morgan fingerprint density at radius 2 is 2.35 bits per heavy atom. The van der Waals surface area contributed by atoms with E-state index in [1.54, 1.807) is 11.0 Å². The van der Waals surface area contributed by atoms with Crippen molar-refractivity contribution in [3.05, 3.63) is 30.1 Å². The smallest absolute Gasteiger partial charge is 0.260 e. The minimum absolute atomic E-state index is 0.126. The van der Waals surface area contributed by atoms with Crippen LogP contribution in [0.1, 0.15) is 6.92 Å². The maximum Gasteiger partial charge on any atom is 0.260 e. The van der Waals surface area contributed by atoms with Gasteiger partial charge in [-0.2, -0.15) is 0 Å². The second-order valence-electron chi connectivity index (χ2n) is 4.80. The Bertz CT molecular complexity index is 468. The van der Waals surface area contributed by atoms with Crippen molar-refractivity contribution in [2.75, 3.05) is 26.3 Å². The summed E-state index contributed by atoms with van der Waals surface area (Å²) in [6.07, 6.45) is -0.490. The molecule has 0 aromatic heterocycles. The third-order valence-corrected chi connectivity index (χ3v) is 3.04. The number of carbonyl (C=O) groups excluding carboxylic acids is 1. The van der Waals surface area contributed by atoms with Crippen molar-refractivity contribution in [1.82, 2.24) is 4.90 Å². The summed E-state index contributed by atoms with van der Waals surface area (Å²) in [6.45, 7) is 2.36. The summed E-state index contributed by atoms with van der Waals surface area (Å²) >= 11 is 0. The van der Waals surface area contributed by atoms with Gasteiger partial charge < -0.3 is 19.5 Å². The molecule has 0 bridgehead atoms. The number of halogens is 1. The molecular formula is C14H18FNO4. The molecule has 0 saturated carbocycles. The highest BCUT2D eigenvalue weighted by atomic mass is 19.1. The molecule has 1 heterocycles. The first-order valence-electron chi connectivity index (χ1n) is 6.51. The van der Waals surface area contributed by atoms with Crippen LogP contribution >= 0.6 is 0 Å². The zero-order chi connectivity index (χ0) is 14.5. The van der Waals surface area contributed by atoms with Crippen molar-refractivity contribution in [2.24, 2.45) is 0 Å². The molecule has 5 nitrogen and oxygen atoms in total. The summed E-state index contributed by atoms with van der Waals surface area (Å²) in [6, 6.07) is 5.65. The molecule has 1 aliphatic heterocycles. The normalized spacial score (nSPS) is 22.6. The van der Waals surface area contributed by atoms with Gasteiger partial charge in [0.1, 0.15) is 11.6 Å². The van der Waals surface area contributed by atoms with Gasteiger partial charge in [-0.1, -0.05) is 6.07 Å². The lowest BCUT2D eigenvalue weighted by molar-refractivity contribution is -0.149. The predicted octanol–water partition coefficient (Wildman–Crippen LogP) is 0.813. The van der Waals surface area contributed by atoms with E-state index >= 15 is 0 Å². The minimum Gasteiger partial charge on any atom is -0.484 e. The lowest BCUT2D eigenvalue weighted by Crippen LogP contribution is -2.51. The highest BCUT2D eigenvalue weighted by Gasteiger charge is 2.28. The van der Waals surface area contributed by atoms with E-state index in [1.165, 1.54) is 18.2 Å². The molecule has 1 aliphatic rings. The van der Waals surface area contributed by atoms with Gasteiger partial charge in [0.05, 0.1) is 18.8 Å². The summed E-state index contributed by atoms with van der Waals surface area (Å²) in [5.74, 6) is -0.295. The molecule has 0 aliphatic carbocycles. The van der Waals surface area contributed by atoms with Crippen molar-refractivity contribution in [1.29, 1.82) is 0 Å². The Labute approximate surface area is 116 Å². The second-order valence-corrected chi connectivity index (χ2v) is 4.80. The van der Waals surface area contributed by atoms with Gasteiger partial charge in [0.2, 0.25) is 0 Å². The highest BCUT2D eigenvalue weighted by Crippen LogP contribution is 2.14. The number of rotatable bonds is 4. The SMILES string of the molecule is CC1CN(C(=O)COc2cccc(F)c2)CC(CO)O1. The number of aliphatic hydroxyl groups excluding tert-OH is 1. The van der Waals surface area contributed by atoms with Gasteiger partial charge in [-0.05, 0) is 19.1 Å². The standard InChI is InChI=1S/C14H18FNO4/c1-10-6-16(7-13(8-17)20-10)14(18)9-19-12-4-2-3-11(15)5-12/h2-5,10,13,17H,6-9H2,1H3. The van der Waals surface area contributed by atoms with E-state index < -0.39 is 5.82 Å².